The highest BCUT2D eigenvalue weighted by Crippen LogP contribution is 2.35. The summed E-state index contributed by atoms with van der Waals surface area (Å²) in [5, 5.41) is 0. The van der Waals surface area contributed by atoms with Gasteiger partial charge in [0.15, 0.2) is 0 Å². The summed E-state index contributed by atoms with van der Waals surface area (Å²) in [6.45, 7) is 1.52. The number of halogens is 3. The number of nitrogens with zero attached hydrogens (tertiary/aromatic N) is 1. The molecule has 11 heteroatoms. The molecule has 0 saturated carbocycles. The van der Waals surface area contributed by atoms with Crippen LogP contribution in [0.25, 0.3) is 0 Å². The van der Waals surface area contributed by atoms with E-state index in [-0.39, 0.29) is 49.7 Å². The van der Waals surface area contributed by atoms with E-state index >= 15 is 0 Å². The molecule has 1 heterocycles. The molecule has 0 N–H and O–H groups in total. The molecule has 0 saturated heterocycles. The largest absolute Gasteiger partial charge is 0.534 e. The van der Waals surface area contributed by atoms with Crippen LogP contribution in [0.5, 0.6) is 5.88 Å². The van der Waals surface area contributed by atoms with E-state index in [0.717, 1.165) is 0 Å². The lowest BCUT2D eigenvalue weighted by Gasteiger charge is -2.25. The van der Waals surface area contributed by atoms with Gasteiger partial charge in [-0.15, -0.1) is 0 Å². The zero-order valence-electron chi connectivity index (χ0n) is 14.4. The van der Waals surface area contributed by atoms with Crippen molar-refractivity contribution < 1.29 is 40.0 Å². The van der Waals surface area contributed by atoms with Crippen molar-refractivity contribution in [2.45, 2.75) is 31.7 Å². The van der Waals surface area contributed by atoms with Crippen molar-refractivity contribution in [3.05, 3.63) is 35.7 Å². The van der Waals surface area contributed by atoms with Crippen LogP contribution in [0.15, 0.2) is 35.7 Å². The molecule has 7 nitrogen and oxygen atoms in total. The van der Waals surface area contributed by atoms with Crippen molar-refractivity contribution in [3.63, 3.8) is 0 Å². The van der Waals surface area contributed by atoms with Crippen LogP contribution in [0.4, 0.5) is 13.2 Å². The summed E-state index contributed by atoms with van der Waals surface area (Å²) in [6, 6.07) is 4.82. The van der Waals surface area contributed by atoms with Gasteiger partial charge in [-0.25, -0.2) is 4.98 Å². The van der Waals surface area contributed by atoms with E-state index < -0.39 is 27.5 Å². The van der Waals surface area contributed by atoms with E-state index in [0.29, 0.717) is 0 Å². The number of pyridine rings is 1. The van der Waals surface area contributed by atoms with E-state index in [1.54, 1.807) is 19.1 Å². The summed E-state index contributed by atoms with van der Waals surface area (Å²) in [7, 11) is -5.81. The molecule has 0 bridgehead atoms. The minimum atomic E-state index is -5.81. The topological polar surface area (TPSA) is 91.8 Å². The van der Waals surface area contributed by atoms with E-state index in [4.69, 9.17) is 9.47 Å². The summed E-state index contributed by atoms with van der Waals surface area (Å²) in [4.78, 5) is 15.8. The lowest BCUT2D eigenvalue weighted by molar-refractivity contribution is -0.148. The van der Waals surface area contributed by atoms with Gasteiger partial charge < -0.3 is 13.7 Å². The first-order chi connectivity index (χ1) is 12.6. The number of carbonyl (C=O) groups excluding carboxylic acids is 1. The van der Waals surface area contributed by atoms with Crippen LogP contribution in [0.2, 0.25) is 0 Å². The van der Waals surface area contributed by atoms with Crippen LogP contribution >= 0.6 is 0 Å². The standard InChI is InChI=1S/C16H18F3NO6S/c1-2-24-15(21)11-6-7-13(26-27(22,23)16(17,18)19)12(9-11)10-25-14-5-3-4-8-20-14/h3-5,8,11H,2,6-7,9-10H2,1H3. The predicted molar refractivity (Wildman–Crippen MR) is 86.8 cm³/mol. The average molecular weight is 409 g/mol. The highest BCUT2D eigenvalue weighted by atomic mass is 32.2. The Balaban J connectivity index is 2.23. The zero-order chi connectivity index (χ0) is 20.1. The number of rotatable bonds is 7. The summed E-state index contributed by atoms with van der Waals surface area (Å²) in [5.74, 6) is -1.30. The van der Waals surface area contributed by atoms with Crippen LogP contribution in [-0.2, 0) is 23.8 Å². The fraction of sp³-hybridized carbons (Fsp3) is 0.500. The summed E-state index contributed by atoms with van der Waals surface area (Å²) in [6.07, 6.45) is 1.36. The quantitative estimate of drug-likeness (QED) is 0.388. The molecule has 1 aliphatic rings. The number of hydrogen-bond acceptors (Lipinski definition) is 7. The Morgan fingerprint density at radius 2 is 2.07 bits per heavy atom. The fourth-order valence-corrected chi connectivity index (χ4v) is 3.03. The molecule has 0 aromatic carbocycles. The van der Waals surface area contributed by atoms with Gasteiger partial charge in [-0.2, -0.15) is 21.6 Å². The zero-order valence-corrected chi connectivity index (χ0v) is 15.2. The molecule has 2 rings (SSSR count). The van der Waals surface area contributed by atoms with Gasteiger partial charge in [0, 0.05) is 24.3 Å². The van der Waals surface area contributed by atoms with Crippen LogP contribution < -0.4 is 4.74 Å². The number of esters is 1. The van der Waals surface area contributed by atoms with E-state index in [2.05, 4.69) is 9.17 Å². The second-order valence-corrected chi connectivity index (χ2v) is 7.20. The molecule has 27 heavy (non-hydrogen) atoms. The van der Waals surface area contributed by atoms with Crippen LogP contribution in [0, 0.1) is 5.92 Å². The van der Waals surface area contributed by atoms with Gasteiger partial charge in [-0.1, -0.05) is 6.07 Å². The normalized spacial score (nSPS) is 18.1. The number of alkyl halides is 3. The molecule has 0 amide bonds. The SMILES string of the molecule is CCOC(=O)C1CCC(OS(=O)(=O)C(F)(F)F)=C(COc2ccccn2)C1. The van der Waals surface area contributed by atoms with Crippen molar-refractivity contribution in [1.82, 2.24) is 4.98 Å². The number of ether oxygens (including phenoxy) is 2. The maximum absolute atomic E-state index is 12.6. The van der Waals surface area contributed by atoms with Crippen molar-refractivity contribution in [1.29, 1.82) is 0 Å². The summed E-state index contributed by atoms with van der Waals surface area (Å²) >= 11 is 0. The Bertz CT molecular complexity index is 792. The van der Waals surface area contributed by atoms with Crippen molar-refractivity contribution >= 4 is 16.1 Å². The average Bonchev–Trinajstić information content (AvgIpc) is 2.60. The maximum Gasteiger partial charge on any atom is 0.534 e. The maximum atomic E-state index is 12.6. The van der Waals surface area contributed by atoms with Gasteiger partial charge in [0.25, 0.3) is 0 Å². The van der Waals surface area contributed by atoms with Crippen molar-refractivity contribution in [2.24, 2.45) is 5.92 Å². The van der Waals surface area contributed by atoms with Gasteiger partial charge in [-0.3, -0.25) is 4.79 Å². The summed E-state index contributed by atoms with van der Waals surface area (Å²) in [5.41, 5.74) is -5.41. The van der Waals surface area contributed by atoms with Gasteiger partial charge in [0.1, 0.15) is 12.4 Å². The Hall–Kier alpha value is -2.30. The summed E-state index contributed by atoms with van der Waals surface area (Å²) < 4.78 is 75.1. The molecular formula is C16H18F3NO6S. The number of carbonyl (C=O) groups is 1. The third kappa shape index (κ3) is 5.59. The Kier molecular flexibility index (Phi) is 6.68. The van der Waals surface area contributed by atoms with Gasteiger partial charge >= 0.3 is 21.6 Å². The first-order valence-corrected chi connectivity index (χ1v) is 9.47. The molecular weight excluding hydrogens is 391 g/mol. The van der Waals surface area contributed by atoms with E-state index in [1.807, 2.05) is 0 Å². The number of allylic oxidation sites excluding steroid dienone is 1. The van der Waals surface area contributed by atoms with Crippen molar-refractivity contribution in [3.8, 4) is 5.88 Å². The highest BCUT2D eigenvalue weighted by molar-refractivity contribution is 7.87. The second-order valence-electron chi connectivity index (χ2n) is 5.66. The monoisotopic (exact) mass is 409 g/mol. The molecule has 0 fully saturated rings. The van der Waals surface area contributed by atoms with Gasteiger partial charge in [0.05, 0.1) is 12.5 Å². The lowest BCUT2D eigenvalue weighted by Crippen LogP contribution is -2.29. The Morgan fingerprint density at radius 3 is 2.67 bits per heavy atom. The van der Waals surface area contributed by atoms with Gasteiger partial charge in [0.2, 0.25) is 5.88 Å². The number of aromatic nitrogens is 1. The minimum Gasteiger partial charge on any atom is -0.473 e. The molecule has 0 aliphatic heterocycles. The molecule has 150 valence electrons. The fourth-order valence-electron chi connectivity index (χ4n) is 2.47. The van der Waals surface area contributed by atoms with Crippen LogP contribution in [0.1, 0.15) is 26.2 Å². The molecule has 1 aromatic rings. The molecule has 1 atom stereocenters. The molecule has 1 aliphatic carbocycles. The molecule has 0 radical (unpaired) electrons. The molecule has 1 aromatic heterocycles. The van der Waals surface area contributed by atoms with Crippen LogP contribution in [0.3, 0.4) is 0 Å². The van der Waals surface area contributed by atoms with Crippen LogP contribution in [-0.4, -0.2) is 38.1 Å². The third-order valence-electron chi connectivity index (χ3n) is 3.75. The van der Waals surface area contributed by atoms with Crippen molar-refractivity contribution in [2.75, 3.05) is 13.2 Å². The number of hydrogen-bond donors (Lipinski definition) is 0. The molecule has 0 spiro atoms. The predicted octanol–water partition coefficient (Wildman–Crippen LogP) is 2.94. The smallest absolute Gasteiger partial charge is 0.473 e. The Morgan fingerprint density at radius 1 is 1.33 bits per heavy atom. The Labute approximate surface area is 154 Å². The van der Waals surface area contributed by atoms with E-state index in [1.165, 1.54) is 12.3 Å². The lowest BCUT2D eigenvalue weighted by atomic mass is 9.88. The highest BCUT2D eigenvalue weighted by Gasteiger charge is 2.49. The first-order valence-electron chi connectivity index (χ1n) is 8.06. The first kappa shape index (κ1) is 21.0. The van der Waals surface area contributed by atoms with E-state index in [9.17, 15) is 26.4 Å². The minimum absolute atomic E-state index is 0.0334. The second kappa shape index (κ2) is 8.59. The molecule has 1 unspecified atom stereocenters. The van der Waals surface area contributed by atoms with Gasteiger partial charge in [-0.05, 0) is 25.8 Å². The third-order valence-corrected chi connectivity index (χ3v) is 4.74.